The summed E-state index contributed by atoms with van der Waals surface area (Å²) in [5.41, 5.74) is 1.56. The van der Waals surface area contributed by atoms with Crippen molar-refractivity contribution in [2.24, 2.45) is 0 Å². The number of fused-ring (bicyclic) bond motifs is 1. The van der Waals surface area contributed by atoms with Crippen molar-refractivity contribution in [3.05, 3.63) is 35.9 Å². The first kappa shape index (κ1) is 13.8. The fourth-order valence-electron chi connectivity index (χ4n) is 3.17. The molecular weight excluding hydrogens is 262 g/mol. The van der Waals surface area contributed by atoms with E-state index in [1.54, 1.807) is 0 Å². The lowest BCUT2D eigenvalue weighted by molar-refractivity contribution is 0.279. The molecule has 3 rings (SSSR count). The van der Waals surface area contributed by atoms with Gasteiger partial charge in [0, 0.05) is 24.6 Å². The van der Waals surface area contributed by atoms with Crippen LogP contribution >= 0.6 is 0 Å². The van der Waals surface area contributed by atoms with E-state index in [0.29, 0.717) is 11.6 Å². The van der Waals surface area contributed by atoms with Gasteiger partial charge in [-0.1, -0.05) is 18.2 Å². The van der Waals surface area contributed by atoms with E-state index in [1.807, 2.05) is 30.3 Å². The summed E-state index contributed by atoms with van der Waals surface area (Å²) >= 11 is 0. The largest absolute Gasteiger partial charge is 0.396 e. The van der Waals surface area contributed by atoms with Gasteiger partial charge >= 0.3 is 0 Å². The quantitative estimate of drug-likeness (QED) is 0.936. The van der Waals surface area contributed by atoms with Gasteiger partial charge < -0.3 is 10.0 Å². The Hall–Kier alpha value is -2.12. The molecule has 0 radical (unpaired) electrons. The van der Waals surface area contributed by atoms with Crippen molar-refractivity contribution in [3.63, 3.8) is 0 Å². The van der Waals surface area contributed by atoms with Gasteiger partial charge in [-0.15, -0.1) is 0 Å². The van der Waals surface area contributed by atoms with Gasteiger partial charge in [0.2, 0.25) is 0 Å². The van der Waals surface area contributed by atoms with Crippen LogP contribution in [-0.2, 0) is 0 Å². The molecule has 1 aromatic carbocycles. The van der Waals surface area contributed by atoms with Crippen LogP contribution in [0.2, 0.25) is 0 Å². The molecule has 1 aromatic heterocycles. The van der Waals surface area contributed by atoms with Gasteiger partial charge in [0.1, 0.15) is 5.82 Å². The van der Waals surface area contributed by atoms with Gasteiger partial charge in [-0.3, -0.25) is 0 Å². The number of nitrogens with zero attached hydrogens (tertiary/aromatic N) is 3. The summed E-state index contributed by atoms with van der Waals surface area (Å²) in [6.45, 7) is 1.21. The Morgan fingerprint density at radius 1 is 1.38 bits per heavy atom. The predicted molar refractivity (Wildman–Crippen MR) is 83.1 cm³/mol. The van der Waals surface area contributed by atoms with Crippen molar-refractivity contribution < 1.29 is 5.11 Å². The number of pyridine rings is 1. The number of anilines is 1. The number of hydrogen-bond acceptors (Lipinski definition) is 4. The average molecular weight is 281 g/mol. The summed E-state index contributed by atoms with van der Waals surface area (Å²) in [5, 5.41) is 19.3. The summed E-state index contributed by atoms with van der Waals surface area (Å²) in [5.74, 6) is 0.894. The zero-order valence-electron chi connectivity index (χ0n) is 12.0. The van der Waals surface area contributed by atoms with Crippen LogP contribution < -0.4 is 4.90 Å². The van der Waals surface area contributed by atoms with Crippen LogP contribution in [0.5, 0.6) is 0 Å². The Bertz CT molecular complexity index is 677. The lowest BCUT2D eigenvalue weighted by Crippen LogP contribution is -2.30. The predicted octanol–water partition coefficient (Wildman–Crippen LogP) is 2.85. The van der Waals surface area contributed by atoms with E-state index in [9.17, 15) is 5.26 Å². The van der Waals surface area contributed by atoms with Crippen LogP contribution in [0.15, 0.2) is 30.3 Å². The molecule has 0 saturated carbocycles. The standard InChI is InChI=1S/C17H19N3O/c18-12-13-11-17(19-16-8-2-1-7-15(13)16)20-9-3-5-14(20)6-4-10-21/h1-2,7-8,11,14,21H,3-6,9-10H2. The molecule has 4 nitrogen and oxygen atoms in total. The van der Waals surface area contributed by atoms with E-state index in [-0.39, 0.29) is 6.61 Å². The molecule has 1 fully saturated rings. The van der Waals surface area contributed by atoms with Crippen LogP contribution in [0.1, 0.15) is 31.2 Å². The zero-order valence-corrected chi connectivity index (χ0v) is 12.0. The normalized spacial score (nSPS) is 18.1. The van der Waals surface area contributed by atoms with E-state index in [4.69, 9.17) is 10.1 Å². The molecule has 2 aromatic rings. The third kappa shape index (κ3) is 2.70. The summed E-state index contributed by atoms with van der Waals surface area (Å²) in [7, 11) is 0. The van der Waals surface area contributed by atoms with E-state index in [2.05, 4.69) is 11.0 Å². The van der Waals surface area contributed by atoms with Crippen molar-refractivity contribution in [1.82, 2.24) is 4.98 Å². The minimum Gasteiger partial charge on any atom is -0.396 e. The van der Waals surface area contributed by atoms with Crippen LogP contribution in [0.3, 0.4) is 0 Å². The van der Waals surface area contributed by atoms with Gasteiger partial charge in [-0.05, 0) is 37.8 Å². The molecule has 1 saturated heterocycles. The first-order chi connectivity index (χ1) is 10.3. The SMILES string of the molecule is N#Cc1cc(N2CCCC2CCCO)nc2ccccc12. The Balaban J connectivity index is 1.98. The first-order valence-corrected chi connectivity index (χ1v) is 7.51. The van der Waals surface area contributed by atoms with Crippen LogP contribution in [-0.4, -0.2) is 29.3 Å². The molecule has 1 N–H and O–H groups in total. The highest BCUT2D eigenvalue weighted by Crippen LogP contribution is 2.29. The van der Waals surface area contributed by atoms with Gasteiger partial charge in [0.25, 0.3) is 0 Å². The molecule has 1 atom stereocenters. The van der Waals surface area contributed by atoms with Gasteiger partial charge in [-0.2, -0.15) is 5.26 Å². The van der Waals surface area contributed by atoms with Gasteiger partial charge in [0.15, 0.2) is 0 Å². The highest BCUT2D eigenvalue weighted by Gasteiger charge is 2.25. The van der Waals surface area contributed by atoms with Crippen LogP contribution in [0.4, 0.5) is 5.82 Å². The second kappa shape index (κ2) is 6.11. The second-order valence-corrected chi connectivity index (χ2v) is 5.51. The Morgan fingerprint density at radius 2 is 2.24 bits per heavy atom. The smallest absolute Gasteiger partial charge is 0.130 e. The number of para-hydroxylation sites is 1. The number of rotatable bonds is 4. The van der Waals surface area contributed by atoms with Crippen molar-refractivity contribution in [2.75, 3.05) is 18.1 Å². The monoisotopic (exact) mass is 281 g/mol. The number of hydrogen-bond donors (Lipinski definition) is 1. The third-order valence-electron chi connectivity index (χ3n) is 4.19. The molecule has 108 valence electrons. The highest BCUT2D eigenvalue weighted by molar-refractivity contribution is 5.86. The maximum Gasteiger partial charge on any atom is 0.130 e. The minimum atomic E-state index is 0.235. The number of aliphatic hydroxyl groups excluding tert-OH is 1. The number of aliphatic hydroxyl groups is 1. The van der Waals surface area contributed by atoms with E-state index in [0.717, 1.165) is 48.9 Å². The summed E-state index contributed by atoms with van der Waals surface area (Å²) in [4.78, 5) is 7.03. The zero-order chi connectivity index (χ0) is 14.7. The van der Waals surface area contributed by atoms with Crippen LogP contribution in [0, 0.1) is 11.3 Å². The van der Waals surface area contributed by atoms with E-state index >= 15 is 0 Å². The highest BCUT2D eigenvalue weighted by atomic mass is 16.2. The molecule has 1 unspecified atom stereocenters. The molecule has 0 aliphatic carbocycles. The molecular formula is C17H19N3O. The van der Waals surface area contributed by atoms with E-state index in [1.165, 1.54) is 0 Å². The Labute approximate surface area is 124 Å². The fraction of sp³-hybridized carbons (Fsp3) is 0.412. The fourth-order valence-corrected chi connectivity index (χ4v) is 3.17. The maximum absolute atomic E-state index is 9.38. The summed E-state index contributed by atoms with van der Waals surface area (Å²) in [6, 6.07) is 12.4. The summed E-state index contributed by atoms with van der Waals surface area (Å²) < 4.78 is 0. The minimum absolute atomic E-state index is 0.235. The lowest BCUT2D eigenvalue weighted by atomic mass is 10.1. The van der Waals surface area contributed by atoms with Crippen molar-refractivity contribution in [2.45, 2.75) is 31.7 Å². The number of nitriles is 1. The molecule has 0 spiro atoms. The molecule has 0 bridgehead atoms. The topological polar surface area (TPSA) is 60.2 Å². The average Bonchev–Trinajstić information content (AvgIpc) is 3.00. The van der Waals surface area contributed by atoms with Gasteiger partial charge in [0.05, 0.1) is 17.1 Å². The van der Waals surface area contributed by atoms with Crippen molar-refractivity contribution in [3.8, 4) is 6.07 Å². The molecule has 21 heavy (non-hydrogen) atoms. The molecule has 1 aliphatic heterocycles. The molecule has 0 amide bonds. The lowest BCUT2D eigenvalue weighted by Gasteiger charge is -2.26. The summed E-state index contributed by atoms with van der Waals surface area (Å²) in [6.07, 6.45) is 4.08. The Morgan fingerprint density at radius 3 is 3.05 bits per heavy atom. The Kier molecular flexibility index (Phi) is 4.03. The van der Waals surface area contributed by atoms with Crippen LogP contribution in [0.25, 0.3) is 10.9 Å². The second-order valence-electron chi connectivity index (χ2n) is 5.51. The first-order valence-electron chi connectivity index (χ1n) is 7.51. The third-order valence-corrected chi connectivity index (χ3v) is 4.19. The molecule has 2 heterocycles. The van der Waals surface area contributed by atoms with Crippen molar-refractivity contribution in [1.29, 1.82) is 5.26 Å². The molecule has 4 heteroatoms. The number of benzene rings is 1. The van der Waals surface area contributed by atoms with Crippen molar-refractivity contribution >= 4 is 16.7 Å². The number of aromatic nitrogens is 1. The van der Waals surface area contributed by atoms with E-state index < -0.39 is 0 Å². The molecule has 1 aliphatic rings. The van der Waals surface area contributed by atoms with Gasteiger partial charge in [-0.25, -0.2) is 4.98 Å². The maximum atomic E-state index is 9.38.